The van der Waals surface area contributed by atoms with Gasteiger partial charge >= 0.3 is 0 Å². The average molecular weight is 485 g/mol. The first-order valence-electron chi connectivity index (χ1n) is 10.3. The number of nitrogens with zero attached hydrogens (tertiary/aromatic N) is 2. The van der Waals surface area contributed by atoms with Gasteiger partial charge in [-0.25, -0.2) is 0 Å². The highest BCUT2D eigenvalue weighted by atomic mass is 35.5. The molecule has 0 aliphatic carbocycles. The van der Waals surface area contributed by atoms with Crippen LogP contribution in [0, 0.1) is 10.1 Å². The second-order valence-corrected chi connectivity index (χ2v) is 8.76. The molecule has 33 heavy (non-hydrogen) atoms. The van der Waals surface area contributed by atoms with E-state index < -0.39 is 4.92 Å². The lowest BCUT2D eigenvalue weighted by atomic mass is 10.1. The maximum atomic E-state index is 12.6. The van der Waals surface area contributed by atoms with Crippen molar-refractivity contribution in [3.8, 4) is 11.5 Å². The van der Waals surface area contributed by atoms with Crippen LogP contribution in [0.2, 0.25) is 5.02 Å². The summed E-state index contributed by atoms with van der Waals surface area (Å²) in [6, 6.07) is 19.1. The molecule has 3 aromatic rings. The zero-order chi connectivity index (χ0) is 23.4. The van der Waals surface area contributed by atoms with E-state index in [9.17, 15) is 14.9 Å². The molecule has 7 nitrogen and oxygen atoms in total. The number of thioether (sulfide) groups is 1. The van der Waals surface area contributed by atoms with Gasteiger partial charge in [-0.1, -0.05) is 17.7 Å². The van der Waals surface area contributed by atoms with Gasteiger partial charge in [0, 0.05) is 22.8 Å². The van der Waals surface area contributed by atoms with Gasteiger partial charge in [0.2, 0.25) is 5.91 Å². The number of hydrogen-bond acceptors (Lipinski definition) is 6. The molecule has 0 saturated carbocycles. The minimum atomic E-state index is -0.435. The number of halogens is 1. The van der Waals surface area contributed by atoms with Crippen LogP contribution in [-0.4, -0.2) is 23.2 Å². The van der Waals surface area contributed by atoms with Crippen LogP contribution in [0.1, 0.15) is 23.4 Å². The molecule has 170 valence electrons. The Morgan fingerprint density at radius 3 is 2.45 bits per heavy atom. The van der Waals surface area contributed by atoms with Gasteiger partial charge in [-0.3, -0.25) is 19.8 Å². The van der Waals surface area contributed by atoms with E-state index in [1.165, 1.54) is 12.1 Å². The fraction of sp³-hybridized carbons (Fsp3) is 0.208. The predicted molar refractivity (Wildman–Crippen MR) is 129 cm³/mol. The van der Waals surface area contributed by atoms with Crippen molar-refractivity contribution >= 4 is 40.6 Å². The summed E-state index contributed by atoms with van der Waals surface area (Å²) < 4.78 is 11.8. The fourth-order valence-corrected chi connectivity index (χ4v) is 4.79. The first-order valence-corrected chi connectivity index (χ1v) is 11.7. The molecule has 1 amide bonds. The number of non-ortho nitro benzene ring substituents is 1. The molecule has 0 bridgehead atoms. The van der Waals surface area contributed by atoms with E-state index in [4.69, 9.17) is 21.1 Å². The number of nitro benzene ring substituents is 1. The van der Waals surface area contributed by atoms with Crippen molar-refractivity contribution in [3.05, 3.63) is 93.0 Å². The minimum Gasteiger partial charge on any atom is -0.490 e. The molecule has 1 atom stereocenters. The Morgan fingerprint density at radius 1 is 1.06 bits per heavy atom. The van der Waals surface area contributed by atoms with Gasteiger partial charge in [-0.2, -0.15) is 0 Å². The zero-order valence-corrected chi connectivity index (χ0v) is 19.3. The lowest BCUT2D eigenvalue weighted by molar-refractivity contribution is -0.384. The predicted octanol–water partition coefficient (Wildman–Crippen LogP) is 6.00. The highest BCUT2D eigenvalue weighted by molar-refractivity contribution is 8.00. The summed E-state index contributed by atoms with van der Waals surface area (Å²) in [7, 11) is 0. The largest absolute Gasteiger partial charge is 0.490 e. The molecule has 1 aliphatic rings. The Labute approximate surface area is 200 Å². The van der Waals surface area contributed by atoms with Gasteiger partial charge in [-0.05, 0) is 66.6 Å². The molecule has 0 spiro atoms. The molecule has 4 rings (SSSR count). The topological polar surface area (TPSA) is 81.9 Å². The molecule has 0 unspecified atom stereocenters. The third-order valence-corrected chi connectivity index (χ3v) is 6.53. The second kappa shape index (κ2) is 10.1. The Hall–Kier alpha value is -3.23. The van der Waals surface area contributed by atoms with E-state index in [0.29, 0.717) is 28.9 Å². The number of carbonyl (C=O) groups excluding carboxylic acids is 1. The number of benzene rings is 3. The van der Waals surface area contributed by atoms with Crippen LogP contribution in [0.3, 0.4) is 0 Å². The van der Waals surface area contributed by atoms with Crippen molar-refractivity contribution in [1.29, 1.82) is 0 Å². The number of carbonyl (C=O) groups is 1. The smallest absolute Gasteiger partial charge is 0.269 e. The molecule has 0 N–H and O–H groups in total. The average Bonchev–Trinajstić information content (AvgIpc) is 3.20. The van der Waals surface area contributed by atoms with Crippen molar-refractivity contribution in [2.75, 3.05) is 17.3 Å². The Balaban J connectivity index is 1.55. The molecular weight excluding hydrogens is 464 g/mol. The molecule has 0 radical (unpaired) electrons. The second-order valence-electron chi connectivity index (χ2n) is 7.25. The van der Waals surface area contributed by atoms with Crippen LogP contribution < -0.4 is 14.4 Å². The fourth-order valence-electron chi connectivity index (χ4n) is 3.49. The van der Waals surface area contributed by atoms with Crippen LogP contribution >= 0.6 is 23.4 Å². The lowest BCUT2D eigenvalue weighted by Gasteiger charge is -2.25. The van der Waals surface area contributed by atoms with Crippen LogP contribution in [0.15, 0.2) is 66.7 Å². The van der Waals surface area contributed by atoms with Crippen LogP contribution in [0.4, 0.5) is 11.4 Å². The van der Waals surface area contributed by atoms with Gasteiger partial charge in [0.05, 0.1) is 17.3 Å². The number of anilines is 1. The number of nitro groups is 1. The first kappa shape index (κ1) is 22.9. The summed E-state index contributed by atoms with van der Waals surface area (Å²) in [6.07, 6.45) is 0. The lowest BCUT2D eigenvalue weighted by Crippen LogP contribution is -2.27. The standard InChI is InChI=1S/C24H21ClN2O5S/c1-2-31-22-13-17(24-26(23(28)15-33-24)19-10-6-18(25)7-11-19)5-12-21(22)32-14-16-3-8-20(9-4-16)27(29)30/h3-13,24H,2,14-15H2,1H3/t24-/m1/s1. The number of hydrogen-bond donors (Lipinski definition) is 0. The van der Waals surface area contributed by atoms with Crippen LogP contribution in [0.25, 0.3) is 0 Å². The molecule has 0 aromatic heterocycles. The van der Waals surface area contributed by atoms with Crippen molar-refractivity contribution in [2.45, 2.75) is 18.9 Å². The summed E-state index contributed by atoms with van der Waals surface area (Å²) in [5.74, 6) is 1.55. The zero-order valence-electron chi connectivity index (χ0n) is 17.8. The van der Waals surface area contributed by atoms with E-state index in [1.807, 2.05) is 37.3 Å². The molecule has 1 fully saturated rings. The molecular formula is C24H21ClN2O5S. The molecule has 9 heteroatoms. The highest BCUT2D eigenvalue weighted by Crippen LogP contribution is 2.44. The van der Waals surface area contributed by atoms with Crippen molar-refractivity contribution in [3.63, 3.8) is 0 Å². The van der Waals surface area contributed by atoms with Gasteiger partial charge in [0.15, 0.2) is 11.5 Å². The summed E-state index contributed by atoms with van der Waals surface area (Å²) in [5, 5.41) is 11.2. The Bertz CT molecular complexity index is 1150. The number of amides is 1. The Morgan fingerprint density at radius 2 is 1.79 bits per heavy atom. The van der Waals surface area contributed by atoms with E-state index >= 15 is 0 Å². The summed E-state index contributed by atoms with van der Waals surface area (Å²) >= 11 is 7.56. The van der Waals surface area contributed by atoms with Crippen molar-refractivity contribution in [2.24, 2.45) is 0 Å². The van der Waals surface area contributed by atoms with Gasteiger partial charge in [-0.15, -0.1) is 11.8 Å². The third-order valence-electron chi connectivity index (χ3n) is 5.07. The van der Waals surface area contributed by atoms with Crippen LogP contribution in [-0.2, 0) is 11.4 Å². The number of rotatable bonds is 8. The summed E-state index contributed by atoms with van der Waals surface area (Å²) in [4.78, 5) is 24.8. The third kappa shape index (κ3) is 5.23. The summed E-state index contributed by atoms with van der Waals surface area (Å²) in [5.41, 5.74) is 2.55. The normalized spacial score (nSPS) is 15.5. The summed E-state index contributed by atoms with van der Waals surface area (Å²) in [6.45, 7) is 2.58. The SMILES string of the molecule is CCOc1cc([C@H]2SCC(=O)N2c2ccc(Cl)cc2)ccc1OCc1ccc([N+](=O)[O-])cc1. The van der Waals surface area contributed by atoms with Crippen molar-refractivity contribution in [1.82, 2.24) is 0 Å². The van der Waals surface area contributed by atoms with Gasteiger partial charge in [0.1, 0.15) is 12.0 Å². The molecule has 1 aliphatic heterocycles. The van der Waals surface area contributed by atoms with Gasteiger partial charge in [0.25, 0.3) is 5.69 Å². The molecule has 1 heterocycles. The maximum absolute atomic E-state index is 12.6. The van der Waals surface area contributed by atoms with Crippen molar-refractivity contribution < 1.29 is 19.2 Å². The first-order chi connectivity index (χ1) is 16.0. The van der Waals surface area contributed by atoms with E-state index in [1.54, 1.807) is 40.9 Å². The molecule has 3 aromatic carbocycles. The number of ether oxygens (including phenoxy) is 2. The van der Waals surface area contributed by atoms with E-state index in [0.717, 1.165) is 16.8 Å². The Kier molecular flexibility index (Phi) is 7.05. The van der Waals surface area contributed by atoms with Crippen LogP contribution in [0.5, 0.6) is 11.5 Å². The van der Waals surface area contributed by atoms with E-state index in [-0.39, 0.29) is 23.6 Å². The van der Waals surface area contributed by atoms with Gasteiger partial charge < -0.3 is 9.47 Å². The molecule has 1 saturated heterocycles. The quantitative estimate of drug-likeness (QED) is 0.288. The highest BCUT2D eigenvalue weighted by Gasteiger charge is 2.34. The van der Waals surface area contributed by atoms with E-state index in [2.05, 4.69) is 0 Å². The monoisotopic (exact) mass is 484 g/mol. The maximum Gasteiger partial charge on any atom is 0.269 e. The minimum absolute atomic E-state index is 0.0313.